The van der Waals surface area contributed by atoms with Crippen molar-refractivity contribution in [3.05, 3.63) is 0 Å². The summed E-state index contributed by atoms with van der Waals surface area (Å²) in [4.78, 5) is 10.8. The minimum absolute atomic E-state index is 0.129. The van der Waals surface area contributed by atoms with Crippen LogP contribution in [-0.2, 0) is 24.3 Å². The molecule has 7 heteroatoms. The molecule has 0 aliphatic rings. The molecule has 0 heterocycles. The van der Waals surface area contributed by atoms with Crippen molar-refractivity contribution in [3.63, 3.8) is 0 Å². The van der Waals surface area contributed by atoms with E-state index in [9.17, 15) is 13.2 Å². The first-order valence-corrected chi connectivity index (χ1v) is 6.13. The number of hydrogen-bond acceptors (Lipinski definition) is 5. The highest BCUT2D eigenvalue weighted by Crippen LogP contribution is 1.98. The first kappa shape index (κ1) is 14.3. The van der Waals surface area contributed by atoms with E-state index in [-0.39, 0.29) is 18.9 Å². The maximum atomic E-state index is 11.5. The summed E-state index contributed by atoms with van der Waals surface area (Å²) in [5, 5.41) is 0. The molecule has 0 aromatic carbocycles. The smallest absolute Gasteiger partial charge is 0.320 e. The number of hydrogen-bond donors (Lipinski definition) is 0. The second-order valence-electron chi connectivity index (χ2n) is 2.85. The van der Waals surface area contributed by atoms with Gasteiger partial charge < -0.3 is 9.47 Å². The minimum atomic E-state index is -3.43. The number of ether oxygens (including phenoxy) is 2. The highest BCUT2D eigenvalue weighted by atomic mass is 32.2. The van der Waals surface area contributed by atoms with E-state index in [1.165, 1.54) is 14.2 Å². The van der Waals surface area contributed by atoms with Crippen LogP contribution in [0.4, 0.5) is 0 Å². The summed E-state index contributed by atoms with van der Waals surface area (Å²) in [6.45, 7) is 2.11. The van der Waals surface area contributed by atoms with Crippen molar-refractivity contribution < 1.29 is 22.7 Å². The third-order valence-corrected chi connectivity index (χ3v) is 3.51. The number of nitrogens with zero attached hydrogens (tertiary/aromatic N) is 1. The van der Waals surface area contributed by atoms with Gasteiger partial charge in [-0.05, 0) is 6.92 Å². The van der Waals surface area contributed by atoms with Crippen LogP contribution in [0.5, 0.6) is 0 Å². The van der Waals surface area contributed by atoms with Crippen molar-refractivity contribution in [2.75, 3.05) is 39.7 Å². The Morgan fingerprint density at radius 3 is 2.47 bits per heavy atom. The Labute approximate surface area is 90.2 Å². The average Bonchev–Trinajstić information content (AvgIpc) is 2.17. The van der Waals surface area contributed by atoms with Crippen LogP contribution in [0.1, 0.15) is 6.92 Å². The summed E-state index contributed by atoms with van der Waals surface area (Å²) in [7, 11) is -0.887. The van der Waals surface area contributed by atoms with E-state index in [2.05, 4.69) is 4.74 Å². The topological polar surface area (TPSA) is 72.9 Å². The fourth-order valence-electron chi connectivity index (χ4n) is 0.809. The molecular formula is C8H17NO5S. The van der Waals surface area contributed by atoms with E-state index >= 15 is 0 Å². The first-order valence-electron chi connectivity index (χ1n) is 4.52. The molecule has 0 radical (unpaired) electrons. The Kier molecular flexibility index (Phi) is 6.46. The molecular weight excluding hydrogens is 222 g/mol. The first-order chi connectivity index (χ1) is 6.94. The lowest BCUT2D eigenvalue weighted by Gasteiger charge is -2.15. The van der Waals surface area contributed by atoms with E-state index < -0.39 is 16.0 Å². The lowest BCUT2D eigenvalue weighted by atomic mass is 10.7. The second kappa shape index (κ2) is 6.76. The third kappa shape index (κ3) is 5.71. The van der Waals surface area contributed by atoms with Crippen LogP contribution in [0.3, 0.4) is 0 Å². The molecule has 0 aliphatic heterocycles. The van der Waals surface area contributed by atoms with Gasteiger partial charge in [-0.2, -0.15) is 4.31 Å². The Morgan fingerprint density at radius 1 is 1.40 bits per heavy atom. The Balaban J connectivity index is 4.14. The predicted molar refractivity (Wildman–Crippen MR) is 54.9 cm³/mol. The van der Waals surface area contributed by atoms with Gasteiger partial charge in [0.1, 0.15) is 6.54 Å². The largest absolute Gasteiger partial charge is 0.468 e. The fourth-order valence-corrected chi connectivity index (χ4v) is 1.75. The van der Waals surface area contributed by atoms with Crippen molar-refractivity contribution >= 4 is 16.0 Å². The van der Waals surface area contributed by atoms with Crippen molar-refractivity contribution in [2.45, 2.75) is 6.92 Å². The monoisotopic (exact) mass is 239 g/mol. The number of likely N-dealkylation sites (N-methyl/N-ethyl adjacent to an activating group) is 1. The van der Waals surface area contributed by atoms with Crippen LogP contribution in [0.15, 0.2) is 0 Å². The number of carbonyl (C=O) groups is 1. The van der Waals surface area contributed by atoms with Crippen LogP contribution in [0.2, 0.25) is 0 Å². The van der Waals surface area contributed by atoms with Gasteiger partial charge in [0, 0.05) is 13.7 Å². The Morgan fingerprint density at radius 2 is 2.00 bits per heavy atom. The molecule has 0 aliphatic carbocycles. The zero-order valence-electron chi connectivity index (χ0n) is 9.23. The third-order valence-electron chi connectivity index (χ3n) is 1.74. The van der Waals surface area contributed by atoms with Gasteiger partial charge in [0.15, 0.2) is 0 Å². The van der Waals surface area contributed by atoms with Crippen molar-refractivity contribution in [1.82, 2.24) is 4.31 Å². The highest BCUT2D eigenvalue weighted by molar-refractivity contribution is 7.89. The average molecular weight is 239 g/mol. The lowest BCUT2D eigenvalue weighted by Crippen LogP contribution is -2.35. The SMILES string of the molecule is CCOCCS(=O)(=O)N(C)CC(=O)OC. The number of esters is 1. The van der Waals surface area contributed by atoms with Crippen molar-refractivity contribution in [3.8, 4) is 0 Å². The van der Waals surface area contributed by atoms with Crippen molar-refractivity contribution in [1.29, 1.82) is 0 Å². The maximum absolute atomic E-state index is 11.5. The van der Waals surface area contributed by atoms with Crippen LogP contribution < -0.4 is 0 Å². The van der Waals surface area contributed by atoms with Gasteiger partial charge in [0.25, 0.3) is 0 Å². The zero-order valence-corrected chi connectivity index (χ0v) is 10.0. The number of carbonyl (C=O) groups excluding carboxylic acids is 1. The van der Waals surface area contributed by atoms with Gasteiger partial charge >= 0.3 is 5.97 Å². The minimum Gasteiger partial charge on any atom is -0.468 e. The van der Waals surface area contributed by atoms with E-state index in [0.717, 1.165) is 4.31 Å². The predicted octanol–water partition coefficient (Wildman–Crippen LogP) is -0.542. The second-order valence-corrected chi connectivity index (χ2v) is 5.04. The number of sulfonamides is 1. The molecule has 0 fully saturated rings. The van der Waals surface area contributed by atoms with Crippen molar-refractivity contribution in [2.24, 2.45) is 0 Å². The summed E-state index contributed by atoms with van der Waals surface area (Å²) in [6, 6.07) is 0. The van der Waals surface area contributed by atoms with Gasteiger partial charge in [-0.25, -0.2) is 8.42 Å². The van der Waals surface area contributed by atoms with Gasteiger partial charge in [0.2, 0.25) is 10.0 Å². The van der Waals surface area contributed by atoms with Crippen LogP contribution >= 0.6 is 0 Å². The Bertz CT molecular complexity index is 287. The summed E-state index contributed by atoms with van der Waals surface area (Å²) in [6.07, 6.45) is 0. The summed E-state index contributed by atoms with van der Waals surface area (Å²) in [5.41, 5.74) is 0. The van der Waals surface area contributed by atoms with E-state index in [1.807, 2.05) is 0 Å². The number of rotatable bonds is 7. The van der Waals surface area contributed by atoms with Gasteiger partial charge in [-0.1, -0.05) is 0 Å². The normalized spacial score (nSPS) is 11.7. The molecule has 0 bridgehead atoms. The molecule has 0 unspecified atom stereocenters. The molecule has 0 saturated heterocycles. The van der Waals surface area contributed by atoms with E-state index in [1.54, 1.807) is 6.92 Å². The zero-order chi connectivity index (χ0) is 11.9. The highest BCUT2D eigenvalue weighted by Gasteiger charge is 2.20. The van der Waals surface area contributed by atoms with Gasteiger partial charge in [-0.15, -0.1) is 0 Å². The molecule has 90 valence electrons. The molecule has 0 atom stereocenters. The summed E-state index contributed by atoms with van der Waals surface area (Å²) in [5.74, 6) is -0.716. The Hall–Kier alpha value is -0.660. The fraction of sp³-hybridized carbons (Fsp3) is 0.875. The standard InChI is InChI=1S/C8H17NO5S/c1-4-14-5-6-15(11,12)9(2)7-8(10)13-3/h4-7H2,1-3H3. The summed E-state index contributed by atoms with van der Waals surface area (Å²) < 4.78 is 33.2. The van der Waals surface area contributed by atoms with Crippen LogP contribution in [0, 0.1) is 0 Å². The molecule has 0 aromatic heterocycles. The van der Waals surface area contributed by atoms with Gasteiger partial charge in [0.05, 0.1) is 19.5 Å². The molecule has 0 saturated carbocycles. The number of methoxy groups -OCH3 is 1. The molecule has 0 spiro atoms. The molecule has 0 amide bonds. The quantitative estimate of drug-likeness (QED) is 0.440. The van der Waals surface area contributed by atoms with Gasteiger partial charge in [-0.3, -0.25) is 4.79 Å². The molecule has 0 aromatic rings. The maximum Gasteiger partial charge on any atom is 0.320 e. The van der Waals surface area contributed by atoms with Crippen LogP contribution in [-0.4, -0.2) is 58.4 Å². The molecule has 0 rings (SSSR count). The molecule has 15 heavy (non-hydrogen) atoms. The molecule has 6 nitrogen and oxygen atoms in total. The van der Waals surface area contributed by atoms with E-state index in [4.69, 9.17) is 4.74 Å². The van der Waals surface area contributed by atoms with Crippen LogP contribution in [0.25, 0.3) is 0 Å². The lowest BCUT2D eigenvalue weighted by molar-refractivity contribution is -0.140. The van der Waals surface area contributed by atoms with E-state index in [0.29, 0.717) is 6.61 Å². The summed E-state index contributed by atoms with van der Waals surface area (Å²) >= 11 is 0. The molecule has 0 N–H and O–H groups in total.